The molecule has 0 aliphatic heterocycles. The van der Waals surface area contributed by atoms with Gasteiger partial charge in [0.2, 0.25) is 0 Å². The monoisotopic (exact) mass is 276 g/mol. The van der Waals surface area contributed by atoms with Gasteiger partial charge in [0, 0.05) is 24.4 Å². The molecule has 0 aliphatic rings. The summed E-state index contributed by atoms with van der Waals surface area (Å²) in [5.74, 6) is 0. The van der Waals surface area contributed by atoms with Gasteiger partial charge in [0.15, 0.2) is 0 Å². The lowest BCUT2D eigenvalue weighted by Crippen LogP contribution is -2.27. The predicted molar refractivity (Wildman–Crippen MR) is 88.2 cm³/mol. The summed E-state index contributed by atoms with van der Waals surface area (Å²) in [5.41, 5.74) is 2.54. The SMILES string of the molecule is CCCCCCCCC(Cc1ccc(CC)cn1)NC. The highest BCUT2D eigenvalue weighted by Crippen LogP contribution is 2.11. The fraction of sp³-hybridized carbons (Fsp3) is 0.722. The van der Waals surface area contributed by atoms with Crippen molar-refractivity contribution in [3.63, 3.8) is 0 Å². The Kier molecular flexibility index (Phi) is 9.31. The fourth-order valence-corrected chi connectivity index (χ4v) is 2.56. The molecule has 0 spiro atoms. The largest absolute Gasteiger partial charge is 0.317 e. The molecular weight excluding hydrogens is 244 g/mol. The summed E-state index contributed by atoms with van der Waals surface area (Å²) in [6.45, 7) is 4.44. The van der Waals surface area contributed by atoms with Gasteiger partial charge in [0.25, 0.3) is 0 Å². The summed E-state index contributed by atoms with van der Waals surface area (Å²) < 4.78 is 0. The number of hydrogen-bond donors (Lipinski definition) is 1. The zero-order chi connectivity index (χ0) is 14.6. The summed E-state index contributed by atoms with van der Waals surface area (Å²) in [6, 6.07) is 4.96. The molecule has 1 rings (SSSR count). The summed E-state index contributed by atoms with van der Waals surface area (Å²) in [7, 11) is 2.07. The molecule has 1 aromatic rings. The van der Waals surface area contributed by atoms with Crippen LogP contribution in [-0.4, -0.2) is 18.1 Å². The van der Waals surface area contributed by atoms with E-state index in [0.717, 1.165) is 12.8 Å². The molecule has 1 unspecified atom stereocenters. The third kappa shape index (κ3) is 7.04. The maximum absolute atomic E-state index is 4.57. The number of unbranched alkanes of at least 4 members (excludes halogenated alkanes) is 5. The summed E-state index contributed by atoms with van der Waals surface area (Å²) in [5, 5.41) is 3.44. The van der Waals surface area contributed by atoms with Gasteiger partial charge in [-0.25, -0.2) is 0 Å². The molecule has 114 valence electrons. The van der Waals surface area contributed by atoms with Gasteiger partial charge in [-0.2, -0.15) is 0 Å². The highest BCUT2D eigenvalue weighted by atomic mass is 14.9. The molecule has 1 aromatic heterocycles. The lowest BCUT2D eigenvalue weighted by Gasteiger charge is -2.15. The lowest BCUT2D eigenvalue weighted by molar-refractivity contribution is 0.476. The zero-order valence-electron chi connectivity index (χ0n) is 13.6. The molecular formula is C18H32N2. The molecule has 0 amide bonds. The van der Waals surface area contributed by atoms with Crippen molar-refractivity contribution in [3.05, 3.63) is 29.6 Å². The van der Waals surface area contributed by atoms with Crippen LogP contribution in [-0.2, 0) is 12.8 Å². The van der Waals surface area contributed by atoms with Crippen LogP contribution in [0.2, 0.25) is 0 Å². The second kappa shape index (κ2) is 10.8. The van der Waals surface area contributed by atoms with Gasteiger partial charge in [0.1, 0.15) is 0 Å². The van der Waals surface area contributed by atoms with Crippen molar-refractivity contribution in [2.45, 2.75) is 77.7 Å². The minimum Gasteiger partial charge on any atom is -0.317 e. The van der Waals surface area contributed by atoms with E-state index in [1.54, 1.807) is 0 Å². The molecule has 1 N–H and O–H groups in total. The van der Waals surface area contributed by atoms with Gasteiger partial charge in [0.05, 0.1) is 0 Å². The first-order valence-electron chi connectivity index (χ1n) is 8.41. The molecule has 1 atom stereocenters. The lowest BCUT2D eigenvalue weighted by atomic mass is 10.0. The van der Waals surface area contributed by atoms with Crippen LogP contribution in [0, 0.1) is 0 Å². The molecule has 0 saturated heterocycles. The molecule has 0 radical (unpaired) electrons. The molecule has 20 heavy (non-hydrogen) atoms. The second-order valence-corrected chi connectivity index (χ2v) is 5.76. The van der Waals surface area contributed by atoms with Crippen LogP contribution >= 0.6 is 0 Å². The number of likely N-dealkylation sites (N-methyl/N-ethyl adjacent to an activating group) is 1. The Balaban J connectivity index is 2.24. The van der Waals surface area contributed by atoms with Crippen LogP contribution in [0.3, 0.4) is 0 Å². The van der Waals surface area contributed by atoms with Gasteiger partial charge in [-0.1, -0.05) is 58.4 Å². The molecule has 0 aliphatic carbocycles. The number of nitrogens with one attached hydrogen (secondary N) is 1. The van der Waals surface area contributed by atoms with Crippen molar-refractivity contribution in [1.82, 2.24) is 10.3 Å². The van der Waals surface area contributed by atoms with Crippen LogP contribution in [0.1, 0.15) is 70.1 Å². The van der Waals surface area contributed by atoms with Crippen molar-refractivity contribution in [1.29, 1.82) is 0 Å². The summed E-state index contributed by atoms with van der Waals surface area (Å²) in [4.78, 5) is 4.57. The van der Waals surface area contributed by atoms with Crippen LogP contribution in [0.5, 0.6) is 0 Å². The molecule has 0 bridgehead atoms. The second-order valence-electron chi connectivity index (χ2n) is 5.76. The van der Waals surface area contributed by atoms with E-state index in [4.69, 9.17) is 0 Å². The first-order valence-corrected chi connectivity index (χ1v) is 8.41. The number of hydrogen-bond acceptors (Lipinski definition) is 2. The minimum absolute atomic E-state index is 0.571. The summed E-state index contributed by atoms with van der Waals surface area (Å²) >= 11 is 0. The highest BCUT2D eigenvalue weighted by molar-refractivity contribution is 5.14. The Morgan fingerprint density at radius 3 is 2.40 bits per heavy atom. The van der Waals surface area contributed by atoms with Crippen molar-refractivity contribution in [2.24, 2.45) is 0 Å². The van der Waals surface area contributed by atoms with E-state index >= 15 is 0 Å². The van der Waals surface area contributed by atoms with E-state index in [2.05, 4.69) is 43.3 Å². The predicted octanol–water partition coefficient (Wildman–Crippen LogP) is 4.53. The molecule has 0 saturated carbocycles. The third-order valence-corrected chi connectivity index (χ3v) is 4.06. The number of rotatable bonds is 11. The molecule has 2 heteroatoms. The number of aryl methyl sites for hydroxylation is 1. The summed E-state index contributed by atoms with van der Waals surface area (Å²) in [6.07, 6.45) is 13.6. The normalized spacial score (nSPS) is 12.6. The number of nitrogens with zero attached hydrogens (tertiary/aromatic N) is 1. The average molecular weight is 276 g/mol. The van der Waals surface area contributed by atoms with Gasteiger partial charge < -0.3 is 5.32 Å². The Hall–Kier alpha value is -0.890. The Labute approximate surface area is 125 Å². The quantitative estimate of drug-likeness (QED) is 0.601. The smallest absolute Gasteiger partial charge is 0.0419 e. The van der Waals surface area contributed by atoms with Crippen LogP contribution in [0.4, 0.5) is 0 Å². The van der Waals surface area contributed by atoms with E-state index in [9.17, 15) is 0 Å². The van der Waals surface area contributed by atoms with Crippen molar-refractivity contribution in [3.8, 4) is 0 Å². The molecule has 0 fully saturated rings. The number of aromatic nitrogens is 1. The zero-order valence-corrected chi connectivity index (χ0v) is 13.6. The van der Waals surface area contributed by atoms with Crippen LogP contribution in [0.25, 0.3) is 0 Å². The Bertz CT molecular complexity index is 332. The van der Waals surface area contributed by atoms with Crippen LogP contribution in [0.15, 0.2) is 18.3 Å². The first-order chi connectivity index (χ1) is 9.80. The fourth-order valence-electron chi connectivity index (χ4n) is 2.56. The van der Waals surface area contributed by atoms with Crippen LogP contribution < -0.4 is 5.32 Å². The van der Waals surface area contributed by atoms with Gasteiger partial charge in [-0.05, 0) is 31.5 Å². The van der Waals surface area contributed by atoms with Crippen molar-refractivity contribution >= 4 is 0 Å². The van der Waals surface area contributed by atoms with Gasteiger partial charge in [-0.3, -0.25) is 4.98 Å². The van der Waals surface area contributed by atoms with E-state index in [1.165, 1.54) is 56.2 Å². The molecule has 2 nitrogen and oxygen atoms in total. The van der Waals surface area contributed by atoms with E-state index < -0.39 is 0 Å². The third-order valence-electron chi connectivity index (χ3n) is 4.06. The molecule has 1 heterocycles. The standard InChI is InChI=1S/C18H32N2/c1-4-6-7-8-9-10-11-17(19-3)14-18-13-12-16(5-2)15-20-18/h12-13,15,17,19H,4-11,14H2,1-3H3. The van der Waals surface area contributed by atoms with Gasteiger partial charge in [-0.15, -0.1) is 0 Å². The highest BCUT2D eigenvalue weighted by Gasteiger charge is 2.08. The average Bonchev–Trinajstić information content (AvgIpc) is 2.50. The first kappa shape index (κ1) is 17.2. The maximum atomic E-state index is 4.57. The molecule has 0 aromatic carbocycles. The van der Waals surface area contributed by atoms with E-state index in [-0.39, 0.29) is 0 Å². The Morgan fingerprint density at radius 2 is 1.80 bits per heavy atom. The van der Waals surface area contributed by atoms with Crippen molar-refractivity contribution in [2.75, 3.05) is 7.05 Å². The van der Waals surface area contributed by atoms with Crippen molar-refractivity contribution < 1.29 is 0 Å². The van der Waals surface area contributed by atoms with Gasteiger partial charge >= 0.3 is 0 Å². The minimum atomic E-state index is 0.571. The van der Waals surface area contributed by atoms with E-state index in [1.807, 2.05) is 6.20 Å². The Morgan fingerprint density at radius 1 is 1.05 bits per heavy atom. The topological polar surface area (TPSA) is 24.9 Å². The van der Waals surface area contributed by atoms with E-state index in [0.29, 0.717) is 6.04 Å². The maximum Gasteiger partial charge on any atom is 0.0419 e. The number of pyridine rings is 1.